The van der Waals surface area contributed by atoms with Crippen LogP contribution in [0.15, 0.2) is 35.4 Å². The van der Waals surface area contributed by atoms with Gasteiger partial charge in [-0.3, -0.25) is 9.59 Å². The molecule has 0 aliphatic heterocycles. The first-order chi connectivity index (χ1) is 21.1. The average molecular weight is 629 g/mol. The number of hydrogen-bond donors (Lipinski definition) is 0. The molecule has 3 aliphatic carbocycles. The summed E-state index contributed by atoms with van der Waals surface area (Å²) in [5.41, 5.74) is 2.07. The van der Waals surface area contributed by atoms with E-state index in [0.717, 1.165) is 11.1 Å². The van der Waals surface area contributed by atoms with Crippen molar-refractivity contribution >= 4 is 17.9 Å². The summed E-state index contributed by atoms with van der Waals surface area (Å²) in [4.78, 5) is 38.8. The van der Waals surface area contributed by atoms with Gasteiger partial charge in [0.05, 0.1) is 33.0 Å². The largest absolute Gasteiger partial charge is 0.493 e. The Morgan fingerprint density at radius 3 is 1.98 bits per heavy atom. The Balaban J connectivity index is 1.88. The van der Waals surface area contributed by atoms with Crippen LogP contribution in [0.5, 0.6) is 17.2 Å². The standard InChI is InChI=1S/C35H48O10/c1-18-14-24(45-33(38)22-15-25(39-8)31(42-11)26(16-22)40-9)30-32(44-21(4)37)29-19(2)23(43-20(3)36)12-13-35(29,7)17-27(41-10)28(18)34(30,5)6/h15-16,23-24,27,29-30,32H,2,12-14,17H2,1,3-11H3/t23-,24-,27-,29?,30?,32-,35?/m0/s1. The highest BCUT2D eigenvalue weighted by atomic mass is 16.6. The number of hydrogen-bond acceptors (Lipinski definition) is 10. The third kappa shape index (κ3) is 6.30. The van der Waals surface area contributed by atoms with E-state index in [9.17, 15) is 14.4 Å². The van der Waals surface area contributed by atoms with Crippen LogP contribution < -0.4 is 14.2 Å². The fourth-order valence-electron chi connectivity index (χ4n) is 8.45. The Morgan fingerprint density at radius 1 is 0.867 bits per heavy atom. The van der Waals surface area contributed by atoms with Gasteiger partial charge in [0.2, 0.25) is 5.75 Å². The quantitative estimate of drug-likeness (QED) is 0.197. The van der Waals surface area contributed by atoms with Gasteiger partial charge in [0.25, 0.3) is 0 Å². The van der Waals surface area contributed by atoms with E-state index in [2.05, 4.69) is 34.3 Å². The zero-order valence-corrected chi connectivity index (χ0v) is 28.2. The van der Waals surface area contributed by atoms with Crippen molar-refractivity contribution in [1.82, 2.24) is 0 Å². The molecular weight excluding hydrogens is 580 g/mol. The molecule has 0 aromatic heterocycles. The Kier molecular flexibility index (Phi) is 9.97. The summed E-state index contributed by atoms with van der Waals surface area (Å²) in [6.07, 6.45) is 0.216. The first-order valence-corrected chi connectivity index (χ1v) is 15.4. The lowest BCUT2D eigenvalue weighted by Gasteiger charge is -2.59. The van der Waals surface area contributed by atoms with Crippen LogP contribution in [0.3, 0.4) is 0 Å². The predicted molar refractivity (Wildman–Crippen MR) is 166 cm³/mol. The van der Waals surface area contributed by atoms with Gasteiger partial charge >= 0.3 is 17.9 Å². The van der Waals surface area contributed by atoms with E-state index in [1.165, 1.54) is 35.2 Å². The van der Waals surface area contributed by atoms with Gasteiger partial charge in [0, 0.05) is 39.2 Å². The van der Waals surface area contributed by atoms with Crippen molar-refractivity contribution in [1.29, 1.82) is 0 Å². The smallest absolute Gasteiger partial charge is 0.338 e. The number of esters is 3. The summed E-state index contributed by atoms with van der Waals surface area (Å²) in [6.45, 7) is 15.6. The van der Waals surface area contributed by atoms with Crippen molar-refractivity contribution in [2.45, 2.75) is 91.6 Å². The van der Waals surface area contributed by atoms with Gasteiger partial charge in [-0.25, -0.2) is 4.79 Å². The van der Waals surface area contributed by atoms with Crippen LogP contribution in [0, 0.1) is 22.7 Å². The van der Waals surface area contributed by atoms with Crippen LogP contribution in [0.25, 0.3) is 0 Å². The van der Waals surface area contributed by atoms with E-state index in [1.54, 1.807) is 19.2 Å². The molecule has 4 rings (SSSR count). The minimum Gasteiger partial charge on any atom is -0.493 e. The van der Waals surface area contributed by atoms with Gasteiger partial charge in [-0.2, -0.15) is 0 Å². The molecule has 2 saturated carbocycles. The lowest BCUT2D eigenvalue weighted by molar-refractivity contribution is -0.177. The zero-order valence-electron chi connectivity index (χ0n) is 28.2. The second-order valence-electron chi connectivity index (χ2n) is 13.3. The number of carbonyl (C=O) groups is 3. The van der Waals surface area contributed by atoms with Crippen LogP contribution in [0.2, 0.25) is 0 Å². The Morgan fingerprint density at radius 2 is 1.47 bits per heavy atom. The van der Waals surface area contributed by atoms with Crippen molar-refractivity contribution in [3.63, 3.8) is 0 Å². The average Bonchev–Trinajstić information content (AvgIpc) is 2.95. The fraction of sp³-hybridized carbons (Fsp3) is 0.629. The minimum absolute atomic E-state index is 0.223. The topological polar surface area (TPSA) is 116 Å². The first kappa shape index (κ1) is 34.3. The highest BCUT2D eigenvalue weighted by Crippen LogP contribution is 2.60. The molecule has 0 saturated heterocycles. The third-order valence-electron chi connectivity index (χ3n) is 10.1. The summed E-state index contributed by atoms with van der Waals surface area (Å²) in [6, 6.07) is 3.11. The summed E-state index contributed by atoms with van der Waals surface area (Å²) in [7, 11) is 6.17. The van der Waals surface area contributed by atoms with Gasteiger partial charge in [-0.1, -0.05) is 32.9 Å². The fourth-order valence-corrected chi connectivity index (χ4v) is 8.45. The molecule has 2 bridgehead atoms. The van der Waals surface area contributed by atoms with Gasteiger partial charge in [0.15, 0.2) is 11.5 Å². The molecule has 45 heavy (non-hydrogen) atoms. The maximum atomic E-state index is 13.9. The van der Waals surface area contributed by atoms with Crippen LogP contribution in [0.4, 0.5) is 0 Å². The molecule has 3 unspecified atom stereocenters. The zero-order chi connectivity index (χ0) is 33.4. The lowest BCUT2D eigenvalue weighted by atomic mass is 9.50. The molecule has 2 fully saturated rings. The number of fused-ring (bicyclic) bond motifs is 3. The van der Waals surface area contributed by atoms with Crippen molar-refractivity contribution in [3.05, 3.63) is 41.0 Å². The number of rotatable bonds is 8. The molecule has 248 valence electrons. The molecule has 10 nitrogen and oxygen atoms in total. The maximum absolute atomic E-state index is 13.9. The van der Waals surface area contributed by atoms with Crippen molar-refractivity contribution in [2.24, 2.45) is 22.7 Å². The second-order valence-corrected chi connectivity index (χ2v) is 13.3. The molecule has 10 heteroatoms. The predicted octanol–water partition coefficient (Wildman–Crippen LogP) is 5.86. The number of ether oxygens (including phenoxy) is 7. The van der Waals surface area contributed by atoms with Gasteiger partial charge in [-0.15, -0.1) is 0 Å². The van der Waals surface area contributed by atoms with Crippen LogP contribution in [0.1, 0.15) is 77.6 Å². The molecule has 1 aromatic rings. The lowest BCUT2D eigenvalue weighted by Crippen LogP contribution is -2.60. The highest BCUT2D eigenvalue weighted by Gasteiger charge is 2.61. The van der Waals surface area contributed by atoms with E-state index < -0.39 is 58.9 Å². The van der Waals surface area contributed by atoms with Crippen molar-refractivity contribution in [2.75, 3.05) is 28.4 Å². The van der Waals surface area contributed by atoms with E-state index in [1.807, 2.05) is 0 Å². The number of carbonyl (C=O) groups excluding carboxylic acids is 3. The number of benzene rings is 1. The monoisotopic (exact) mass is 628 g/mol. The molecular formula is C35H48O10. The molecule has 1 aromatic carbocycles. The summed E-state index contributed by atoms with van der Waals surface area (Å²) in [5, 5.41) is 0. The van der Waals surface area contributed by atoms with E-state index in [0.29, 0.717) is 48.5 Å². The molecule has 0 radical (unpaired) electrons. The van der Waals surface area contributed by atoms with E-state index in [4.69, 9.17) is 33.2 Å². The number of methoxy groups -OCH3 is 4. The normalized spacial score (nSPS) is 30.7. The molecule has 0 amide bonds. The summed E-state index contributed by atoms with van der Waals surface area (Å²) >= 11 is 0. The Labute approximate surface area is 266 Å². The van der Waals surface area contributed by atoms with Gasteiger partial charge in [-0.05, 0) is 60.3 Å². The van der Waals surface area contributed by atoms with Crippen LogP contribution >= 0.6 is 0 Å². The Bertz CT molecular complexity index is 1350. The molecule has 0 heterocycles. The maximum Gasteiger partial charge on any atom is 0.338 e. The van der Waals surface area contributed by atoms with Crippen LogP contribution in [-0.2, 0) is 28.5 Å². The van der Waals surface area contributed by atoms with Crippen LogP contribution in [-0.4, -0.2) is 70.8 Å². The third-order valence-corrected chi connectivity index (χ3v) is 10.1. The molecule has 0 spiro atoms. The first-order valence-electron chi connectivity index (χ1n) is 15.4. The summed E-state index contributed by atoms with van der Waals surface area (Å²) < 4.78 is 41.0. The summed E-state index contributed by atoms with van der Waals surface area (Å²) in [5.74, 6) is -1.31. The van der Waals surface area contributed by atoms with Crippen molar-refractivity contribution in [3.8, 4) is 17.2 Å². The molecule has 3 aliphatic rings. The van der Waals surface area contributed by atoms with E-state index >= 15 is 0 Å². The van der Waals surface area contributed by atoms with E-state index in [-0.39, 0.29) is 11.7 Å². The highest BCUT2D eigenvalue weighted by molar-refractivity contribution is 5.91. The molecule has 7 atom stereocenters. The van der Waals surface area contributed by atoms with Gasteiger partial charge in [0.1, 0.15) is 18.3 Å². The minimum atomic E-state index is -0.730. The SMILES string of the molecule is C=C1C2[C@H](OC(C)=O)C3[C@@H](OC(=O)c4cc(OC)c(OC)c(OC)c4)CC(C)=C([C@@H](OC)CC2(C)CC[C@@H]1OC(C)=O)C3(C)C. The van der Waals surface area contributed by atoms with Crippen molar-refractivity contribution < 1.29 is 47.5 Å². The Hall–Kier alpha value is -3.53. The second kappa shape index (κ2) is 13.1. The van der Waals surface area contributed by atoms with Gasteiger partial charge < -0.3 is 33.2 Å². The molecule has 0 N–H and O–H groups in total.